The zero-order valence-electron chi connectivity index (χ0n) is 12.6. The highest BCUT2D eigenvalue weighted by Gasteiger charge is 2.20. The third kappa shape index (κ3) is 4.03. The van der Waals surface area contributed by atoms with E-state index in [1.165, 1.54) is 38.5 Å². The standard InChI is InChI=1S/C15H28N4/c1-12(2)19-15(17-11-18-19)10-14(16-3)9-13-7-5-4-6-8-13/h11-14,16H,4-10H2,1-3H3. The van der Waals surface area contributed by atoms with E-state index in [0.29, 0.717) is 12.1 Å². The molecule has 1 aliphatic carbocycles. The van der Waals surface area contributed by atoms with E-state index in [4.69, 9.17) is 0 Å². The first-order valence-electron chi connectivity index (χ1n) is 7.76. The summed E-state index contributed by atoms with van der Waals surface area (Å²) in [5.41, 5.74) is 0. The van der Waals surface area contributed by atoms with Crippen molar-refractivity contribution in [2.45, 2.75) is 70.9 Å². The summed E-state index contributed by atoms with van der Waals surface area (Å²) in [6.07, 6.45) is 11.0. The van der Waals surface area contributed by atoms with Gasteiger partial charge >= 0.3 is 0 Å². The Kier molecular flexibility index (Phi) is 5.37. The summed E-state index contributed by atoms with van der Waals surface area (Å²) < 4.78 is 2.05. The number of rotatable bonds is 6. The lowest BCUT2D eigenvalue weighted by Gasteiger charge is -2.26. The van der Waals surface area contributed by atoms with E-state index in [1.54, 1.807) is 6.33 Å². The molecular weight excluding hydrogens is 236 g/mol. The zero-order valence-corrected chi connectivity index (χ0v) is 12.6. The minimum Gasteiger partial charge on any atom is -0.317 e. The van der Waals surface area contributed by atoms with Gasteiger partial charge < -0.3 is 5.32 Å². The van der Waals surface area contributed by atoms with Crippen LogP contribution in [0.25, 0.3) is 0 Å². The average molecular weight is 264 g/mol. The van der Waals surface area contributed by atoms with E-state index < -0.39 is 0 Å². The van der Waals surface area contributed by atoms with Gasteiger partial charge in [-0.25, -0.2) is 9.67 Å². The lowest BCUT2D eigenvalue weighted by atomic mass is 9.84. The van der Waals surface area contributed by atoms with Crippen molar-refractivity contribution in [2.24, 2.45) is 5.92 Å². The van der Waals surface area contributed by atoms with Crippen LogP contribution in [0.1, 0.15) is 64.2 Å². The zero-order chi connectivity index (χ0) is 13.7. The Morgan fingerprint density at radius 2 is 2.05 bits per heavy atom. The average Bonchev–Trinajstić information content (AvgIpc) is 2.87. The number of nitrogens with zero attached hydrogens (tertiary/aromatic N) is 3. The van der Waals surface area contributed by atoms with E-state index in [1.807, 2.05) is 4.68 Å². The van der Waals surface area contributed by atoms with Crippen LogP contribution in [-0.4, -0.2) is 27.9 Å². The third-order valence-electron chi connectivity index (χ3n) is 4.32. The van der Waals surface area contributed by atoms with Gasteiger partial charge in [0.25, 0.3) is 0 Å². The Balaban J connectivity index is 1.92. The van der Waals surface area contributed by atoms with Gasteiger partial charge in [0.05, 0.1) is 0 Å². The Bertz CT molecular complexity index is 366. The van der Waals surface area contributed by atoms with Crippen molar-refractivity contribution in [2.75, 3.05) is 7.05 Å². The quantitative estimate of drug-likeness (QED) is 0.859. The molecule has 1 aliphatic rings. The van der Waals surface area contributed by atoms with Crippen LogP contribution in [0.15, 0.2) is 6.33 Å². The topological polar surface area (TPSA) is 42.7 Å². The summed E-state index contributed by atoms with van der Waals surface area (Å²) in [7, 11) is 2.07. The highest BCUT2D eigenvalue weighted by atomic mass is 15.3. The van der Waals surface area contributed by atoms with Crippen molar-refractivity contribution in [3.63, 3.8) is 0 Å². The highest BCUT2D eigenvalue weighted by Crippen LogP contribution is 2.28. The monoisotopic (exact) mass is 264 g/mol. The SMILES string of the molecule is CNC(Cc1ncnn1C(C)C)CC1CCCCC1. The largest absolute Gasteiger partial charge is 0.317 e. The Morgan fingerprint density at radius 3 is 2.68 bits per heavy atom. The molecule has 19 heavy (non-hydrogen) atoms. The molecule has 0 radical (unpaired) electrons. The molecular formula is C15H28N4. The molecule has 0 saturated heterocycles. The van der Waals surface area contributed by atoms with Gasteiger partial charge in [0, 0.05) is 18.5 Å². The van der Waals surface area contributed by atoms with Crippen LogP contribution >= 0.6 is 0 Å². The van der Waals surface area contributed by atoms with Crippen LogP contribution in [0.4, 0.5) is 0 Å². The molecule has 1 aromatic rings. The van der Waals surface area contributed by atoms with Gasteiger partial charge in [-0.3, -0.25) is 0 Å². The maximum absolute atomic E-state index is 4.43. The molecule has 0 amide bonds. The fraction of sp³-hybridized carbons (Fsp3) is 0.867. The maximum atomic E-state index is 4.43. The van der Waals surface area contributed by atoms with Crippen molar-refractivity contribution in [1.82, 2.24) is 20.1 Å². The molecule has 0 aromatic carbocycles. The summed E-state index contributed by atoms with van der Waals surface area (Å²) in [6.45, 7) is 4.32. The summed E-state index contributed by atoms with van der Waals surface area (Å²) in [4.78, 5) is 4.43. The van der Waals surface area contributed by atoms with E-state index in [0.717, 1.165) is 18.2 Å². The number of nitrogens with one attached hydrogen (secondary N) is 1. The molecule has 108 valence electrons. The molecule has 1 atom stereocenters. The predicted octanol–water partition coefficient (Wildman–Crippen LogP) is 2.96. The number of aromatic nitrogens is 3. The first-order chi connectivity index (χ1) is 9.20. The van der Waals surface area contributed by atoms with Crippen molar-refractivity contribution in [3.8, 4) is 0 Å². The Hall–Kier alpha value is -0.900. The molecule has 1 saturated carbocycles. The van der Waals surface area contributed by atoms with E-state index in [2.05, 4.69) is 36.3 Å². The molecule has 4 nitrogen and oxygen atoms in total. The second-order valence-corrected chi connectivity index (χ2v) is 6.14. The molecule has 0 aliphatic heterocycles. The second-order valence-electron chi connectivity index (χ2n) is 6.14. The maximum Gasteiger partial charge on any atom is 0.138 e. The van der Waals surface area contributed by atoms with Crippen LogP contribution < -0.4 is 5.32 Å². The fourth-order valence-corrected chi connectivity index (χ4v) is 3.20. The van der Waals surface area contributed by atoms with Gasteiger partial charge in [0.15, 0.2) is 0 Å². The van der Waals surface area contributed by atoms with E-state index in [-0.39, 0.29) is 0 Å². The van der Waals surface area contributed by atoms with Gasteiger partial charge in [-0.05, 0) is 33.2 Å². The first-order valence-corrected chi connectivity index (χ1v) is 7.76. The molecule has 1 heterocycles. The molecule has 2 rings (SSSR count). The first kappa shape index (κ1) is 14.5. The van der Waals surface area contributed by atoms with Crippen LogP contribution in [0.5, 0.6) is 0 Å². The number of hydrogen-bond donors (Lipinski definition) is 1. The molecule has 1 unspecified atom stereocenters. The van der Waals surface area contributed by atoms with Crippen LogP contribution in [0, 0.1) is 5.92 Å². The van der Waals surface area contributed by atoms with Crippen LogP contribution in [0.2, 0.25) is 0 Å². The second kappa shape index (κ2) is 7.04. The Morgan fingerprint density at radius 1 is 1.32 bits per heavy atom. The summed E-state index contributed by atoms with van der Waals surface area (Å²) in [6, 6.07) is 0.925. The lowest BCUT2D eigenvalue weighted by Crippen LogP contribution is -2.32. The van der Waals surface area contributed by atoms with Gasteiger partial charge in [-0.15, -0.1) is 0 Å². The number of likely N-dealkylation sites (N-methyl/N-ethyl adjacent to an activating group) is 1. The normalized spacial score (nSPS) is 18.9. The van der Waals surface area contributed by atoms with Gasteiger partial charge in [-0.2, -0.15) is 5.10 Å². The van der Waals surface area contributed by atoms with E-state index in [9.17, 15) is 0 Å². The molecule has 1 N–H and O–H groups in total. The van der Waals surface area contributed by atoms with Crippen molar-refractivity contribution < 1.29 is 0 Å². The molecule has 1 aromatic heterocycles. The van der Waals surface area contributed by atoms with Gasteiger partial charge in [0.1, 0.15) is 12.2 Å². The highest BCUT2D eigenvalue weighted by molar-refractivity contribution is 4.92. The van der Waals surface area contributed by atoms with Crippen molar-refractivity contribution in [3.05, 3.63) is 12.2 Å². The molecule has 4 heteroatoms. The molecule has 0 spiro atoms. The van der Waals surface area contributed by atoms with Crippen LogP contribution in [0.3, 0.4) is 0 Å². The Labute approximate surface area is 117 Å². The summed E-state index contributed by atoms with van der Waals surface area (Å²) in [5.74, 6) is 2.02. The van der Waals surface area contributed by atoms with Crippen LogP contribution in [-0.2, 0) is 6.42 Å². The van der Waals surface area contributed by atoms with Gasteiger partial charge in [0.2, 0.25) is 0 Å². The fourth-order valence-electron chi connectivity index (χ4n) is 3.20. The number of hydrogen-bond acceptors (Lipinski definition) is 3. The summed E-state index contributed by atoms with van der Waals surface area (Å²) in [5, 5.41) is 7.80. The molecule has 1 fully saturated rings. The lowest BCUT2D eigenvalue weighted by molar-refractivity contribution is 0.299. The minimum atomic E-state index is 0.393. The van der Waals surface area contributed by atoms with E-state index >= 15 is 0 Å². The smallest absolute Gasteiger partial charge is 0.138 e. The van der Waals surface area contributed by atoms with Crippen molar-refractivity contribution >= 4 is 0 Å². The molecule has 0 bridgehead atoms. The summed E-state index contributed by atoms with van der Waals surface area (Å²) >= 11 is 0. The van der Waals surface area contributed by atoms with Crippen molar-refractivity contribution in [1.29, 1.82) is 0 Å². The van der Waals surface area contributed by atoms with Gasteiger partial charge in [-0.1, -0.05) is 32.1 Å². The third-order valence-corrected chi connectivity index (χ3v) is 4.32. The predicted molar refractivity (Wildman–Crippen MR) is 78.2 cm³/mol. The minimum absolute atomic E-state index is 0.393.